The molecule has 0 atom stereocenters. The third-order valence-electron chi connectivity index (χ3n) is 2.35. The highest BCUT2D eigenvalue weighted by Crippen LogP contribution is 2.30. The predicted molar refractivity (Wildman–Crippen MR) is 59.6 cm³/mol. The van der Waals surface area contributed by atoms with Crippen LogP contribution in [0.4, 0.5) is 4.39 Å². The lowest BCUT2D eigenvalue weighted by molar-refractivity contribution is 0.494. The summed E-state index contributed by atoms with van der Waals surface area (Å²) < 4.78 is 14.3. The van der Waals surface area contributed by atoms with Gasteiger partial charge in [0, 0.05) is 17.5 Å². The lowest BCUT2D eigenvalue weighted by Gasteiger charge is -2.27. The van der Waals surface area contributed by atoms with Crippen LogP contribution in [0, 0.1) is 5.82 Å². The summed E-state index contributed by atoms with van der Waals surface area (Å²) in [5.74, 6) is -0.137. The van der Waals surface area contributed by atoms with Crippen molar-refractivity contribution in [2.24, 2.45) is 4.99 Å². The highest BCUT2D eigenvalue weighted by Gasteiger charge is 2.27. The minimum absolute atomic E-state index is 0.137. The summed E-state index contributed by atoms with van der Waals surface area (Å²) in [5.41, 5.74) is 1.43. The van der Waals surface area contributed by atoms with Crippen LogP contribution in [0.25, 0.3) is 0 Å². The molecular formula is C11H11BrFN. The Bertz CT molecular complexity index is 410. The number of rotatable bonds is 0. The van der Waals surface area contributed by atoms with Gasteiger partial charge in [-0.3, -0.25) is 4.99 Å². The van der Waals surface area contributed by atoms with Crippen LogP contribution in [-0.2, 0) is 6.42 Å². The molecule has 0 saturated carbocycles. The quantitative estimate of drug-likeness (QED) is 0.675. The van der Waals surface area contributed by atoms with Crippen molar-refractivity contribution in [2.75, 3.05) is 0 Å². The van der Waals surface area contributed by atoms with Gasteiger partial charge in [-0.05, 0) is 35.8 Å². The molecule has 0 saturated heterocycles. The van der Waals surface area contributed by atoms with Gasteiger partial charge in [0.25, 0.3) is 0 Å². The third kappa shape index (κ3) is 1.61. The zero-order valence-electron chi connectivity index (χ0n) is 8.14. The van der Waals surface area contributed by atoms with E-state index >= 15 is 0 Å². The molecule has 3 heteroatoms. The summed E-state index contributed by atoms with van der Waals surface area (Å²) >= 11 is 3.38. The molecule has 0 aliphatic carbocycles. The summed E-state index contributed by atoms with van der Waals surface area (Å²) in [6, 6.07) is 5.10. The molecule has 1 aromatic carbocycles. The Morgan fingerprint density at radius 3 is 2.86 bits per heavy atom. The molecule has 1 heterocycles. The maximum absolute atomic E-state index is 13.5. The first-order valence-corrected chi connectivity index (χ1v) is 5.32. The van der Waals surface area contributed by atoms with Crippen molar-refractivity contribution in [1.29, 1.82) is 0 Å². The molecular weight excluding hydrogens is 245 g/mol. The Labute approximate surface area is 91.2 Å². The Kier molecular flexibility index (Phi) is 2.22. The van der Waals surface area contributed by atoms with Crippen LogP contribution >= 0.6 is 15.9 Å². The minimum atomic E-state index is -0.214. The second kappa shape index (κ2) is 3.16. The molecule has 0 spiro atoms. The standard InChI is InChI=1S/C11H11BrFN/c1-11(2)6-8-7(10(12)14-11)4-3-5-9(8)13/h3-5H,6H2,1-2H3. The maximum atomic E-state index is 13.5. The van der Waals surface area contributed by atoms with E-state index in [2.05, 4.69) is 20.9 Å². The van der Waals surface area contributed by atoms with Crippen molar-refractivity contribution in [2.45, 2.75) is 25.8 Å². The van der Waals surface area contributed by atoms with E-state index in [9.17, 15) is 4.39 Å². The normalized spacial score (nSPS) is 18.7. The van der Waals surface area contributed by atoms with Gasteiger partial charge < -0.3 is 0 Å². The molecule has 14 heavy (non-hydrogen) atoms. The van der Waals surface area contributed by atoms with Crippen LogP contribution in [0.5, 0.6) is 0 Å². The second-order valence-corrected chi connectivity index (χ2v) is 4.91. The number of fused-ring (bicyclic) bond motifs is 1. The predicted octanol–water partition coefficient (Wildman–Crippen LogP) is 3.30. The van der Waals surface area contributed by atoms with Gasteiger partial charge in [-0.15, -0.1) is 0 Å². The van der Waals surface area contributed by atoms with Gasteiger partial charge in [0.15, 0.2) is 0 Å². The fourth-order valence-electron chi connectivity index (χ4n) is 1.73. The Balaban J connectivity index is 2.62. The molecule has 1 nitrogen and oxygen atoms in total. The fraction of sp³-hybridized carbons (Fsp3) is 0.364. The van der Waals surface area contributed by atoms with Gasteiger partial charge >= 0.3 is 0 Å². The molecule has 1 aliphatic rings. The van der Waals surface area contributed by atoms with E-state index in [1.165, 1.54) is 6.07 Å². The minimum Gasteiger partial charge on any atom is -0.271 e. The first-order chi connectivity index (χ1) is 6.49. The molecule has 0 bridgehead atoms. The molecule has 0 unspecified atom stereocenters. The first-order valence-electron chi connectivity index (χ1n) is 4.53. The summed E-state index contributed by atoms with van der Waals surface area (Å²) in [7, 11) is 0. The Hall–Kier alpha value is -0.700. The fourth-order valence-corrected chi connectivity index (χ4v) is 2.58. The third-order valence-corrected chi connectivity index (χ3v) is 2.96. The summed E-state index contributed by atoms with van der Waals surface area (Å²) in [6.45, 7) is 4.01. The van der Waals surface area contributed by atoms with Crippen molar-refractivity contribution in [1.82, 2.24) is 0 Å². The van der Waals surface area contributed by atoms with Gasteiger partial charge in [0.2, 0.25) is 0 Å². The molecule has 0 radical (unpaired) electrons. The second-order valence-electron chi connectivity index (χ2n) is 4.16. The SMILES string of the molecule is CC1(C)Cc2c(F)cccc2C(Br)=N1. The van der Waals surface area contributed by atoms with Crippen LogP contribution in [0.2, 0.25) is 0 Å². The molecule has 2 rings (SSSR count). The molecule has 1 aliphatic heterocycles. The molecule has 74 valence electrons. The highest BCUT2D eigenvalue weighted by atomic mass is 79.9. The van der Waals surface area contributed by atoms with Crippen LogP contribution in [-0.4, -0.2) is 10.2 Å². The molecule has 0 amide bonds. The van der Waals surface area contributed by atoms with Gasteiger partial charge in [-0.2, -0.15) is 0 Å². The van der Waals surface area contributed by atoms with Gasteiger partial charge in [-0.1, -0.05) is 12.1 Å². The van der Waals surface area contributed by atoms with E-state index in [4.69, 9.17) is 0 Å². The smallest absolute Gasteiger partial charge is 0.127 e. The van der Waals surface area contributed by atoms with E-state index in [1.54, 1.807) is 6.07 Å². The van der Waals surface area contributed by atoms with Crippen molar-refractivity contribution in [3.05, 3.63) is 35.1 Å². The van der Waals surface area contributed by atoms with Crippen molar-refractivity contribution in [3.8, 4) is 0 Å². The number of hydrogen-bond acceptors (Lipinski definition) is 1. The number of hydrogen-bond donors (Lipinski definition) is 0. The Morgan fingerprint density at radius 1 is 1.43 bits per heavy atom. The summed E-state index contributed by atoms with van der Waals surface area (Å²) in [5, 5.41) is 0. The number of nitrogens with zero attached hydrogens (tertiary/aromatic N) is 1. The zero-order chi connectivity index (χ0) is 10.3. The van der Waals surface area contributed by atoms with Crippen LogP contribution < -0.4 is 0 Å². The lowest BCUT2D eigenvalue weighted by atomic mass is 9.89. The molecule has 1 aromatic rings. The average molecular weight is 256 g/mol. The molecule has 0 N–H and O–H groups in total. The Morgan fingerprint density at radius 2 is 2.14 bits per heavy atom. The van der Waals surface area contributed by atoms with E-state index in [0.29, 0.717) is 6.42 Å². The summed E-state index contributed by atoms with van der Waals surface area (Å²) in [6.07, 6.45) is 0.657. The number of halogens is 2. The first kappa shape index (κ1) is 9.84. The van der Waals surface area contributed by atoms with Gasteiger partial charge in [-0.25, -0.2) is 4.39 Å². The van der Waals surface area contributed by atoms with E-state index < -0.39 is 0 Å². The van der Waals surface area contributed by atoms with Crippen molar-refractivity contribution in [3.63, 3.8) is 0 Å². The van der Waals surface area contributed by atoms with Crippen molar-refractivity contribution >= 4 is 20.6 Å². The van der Waals surface area contributed by atoms with Crippen LogP contribution in [0.1, 0.15) is 25.0 Å². The van der Waals surface area contributed by atoms with E-state index in [1.807, 2.05) is 19.9 Å². The highest BCUT2D eigenvalue weighted by molar-refractivity contribution is 9.18. The molecule has 0 aromatic heterocycles. The average Bonchev–Trinajstić information content (AvgIpc) is 2.05. The largest absolute Gasteiger partial charge is 0.271 e. The van der Waals surface area contributed by atoms with E-state index in [-0.39, 0.29) is 11.4 Å². The topological polar surface area (TPSA) is 12.4 Å². The van der Waals surface area contributed by atoms with E-state index in [0.717, 1.165) is 15.7 Å². The number of aliphatic imine (C=N–C) groups is 1. The molecule has 0 fully saturated rings. The van der Waals surface area contributed by atoms with Gasteiger partial charge in [0.1, 0.15) is 10.4 Å². The summed E-state index contributed by atoms with van der Waals surface area (Å²) in [4.78, 5) is 4.46. The lowest BCUT2D eigenvalue weighted by Crippen LogP contribution is -2.27. The van der Waals surface area contributed by atoms with Crippen LogP contribution in [0.3, 0.4) is 0 Å². The number of benzene rings is 1. The van der Waals surface area contributed by atoms with Gasteiger partial charge in [0.05, 0.1) is 5.54 Å². The zero-order valence-corrected chi connectivity index (χ0v) is 9.73. The van der Waals surface area contributed by atoms with Crippen LogP contribution in [0.15, 0.2) is 23.2 Å². The maximum Gasteiger partial charge on any atom is 0.127 e. The monoisotopic (exact) mass is 255 g/mol. The van der Waals surface area contributed by atoms with Crippen molar-refractivity contribution < 1.29 is 4.39 Å².